The lowest BCUT2D eigenvalue weighted by Crippen LogP contribution is -2.07. The summed E-state index contributed by atoms with van der Waals surface area (Å²) in [5, 5.41) is 7.82. The smallest absolute Gasteiger partial charge is 0.449 e. The van der Waals surface area contributed by atoms with Crippen LogP contribution in [0.1, 0.15) is 0 Å². The van der Waals surface area contributed by atoms with Crippen LogP contribution in [0, 0.1) is 0 Å². The molecule has 1 aromatic rings. The number of aromatic nitrogens is 2. The van der Waals surface area contributed by atoms with Crippen molar-refractivity contribution in [1.82, 2.24) is 9.97 Å². The Bertz CT molecular complexity index is 438. The van der Waals surface area contributed by atoms with Gasteiger partial charge in [0.1, 0.15) is 0 Å². The molecule has 1 N–H and O–H groups in total. The van der Waals surface area contributed by atoms with Crippen molar-refractivity contribution < 1.29 is 23.1 Å². The Balaban J connectivity index is 2.95. The van der Waals surface area contributed by atoms with Crippen molar-refractivity contribution in [3.8, 4) is 5.75 Å². The minimum absolute atomic E-state index is 0.134. The van der Waals surface area contributed by atoms with Crippen molar-refractivity contribution >= 4 is 16.0 Å². The van der Waals surface area contributed by atoms with Gasteiger partial charge in [0, 0.05) is 6.26 Å². The molecule has 0 saturated carbocycles. The lowest BCUT2D eigenvalue weighted by atomic mass is 10.6. The second kappa shape index (κ2) is 3.58. The molecular formula is C6H6N2O5S. The van der Waals surface area contributed by atoms with Gasteiger partial charge in [0.2, 0.25) is 15.0 Å². The summed E-state index contributed by atoms with van der Waals surface area (Å²) in [7, 11) is -3.47. The molecule has 0 aromatic carbocycles. The fourth-order valence-corrected chi connectivity index (χ4v) is 1.14. The molecule has 0 aliphatic heterocycles. The zero-order valence-corrected chi connectivity index (χ0v) is 7.85. The molecule has 0 aliphatic carbocycles. The highest BCUT2D eigenvalue weighted by atomic mass is 32.2. The predicted molar refractivity (Wildman–Crippen MR) is 43.8 cm³/mol. The molecule has 0 amide bonds. The summed E-state index contributed by atoms with van der Waals surface area (Å²) >= 11 is 0. The number of rotatable bonds is 2. The average molecular weight is 218 g/mol. The fourth-order valence-electron chi connectivity index (χ4n) is 0.649. The fraction of sp³-hybridized carbons (Fsp3) is 0.167. The normalized spacial score (nSPS) is 10.9. The molecule has 0 saturated heterocycles. The van der Waals surface area contributed by atoms with E-state index in [0.29, 0.717) is 0 Å². The maximum Gasteiger partial charge on any atom is 0.511 e. The summed E-state index contributed by atoms with van der Waals surface area (Å²) in [6.45, 7) is 0. The first kappa shape index (κ1) is 10.4. The van der Waals surface area contributed by atoms with Crippen LogP contribution in [0.5, 0.6) is 5.75 Å². The molecule has 0 fully saturated rings. The van der Waals surface area contributed by atoms with Crippen LogP contribution in [0.3, 0.4) is 0 Å². The third-order valence-corrected chi connectivity index (χ3v) is 2.02. The van der Waals surface area contributed by atoms with Gasteiger partial charge in [-0.25, -0.2) is 23.2 Å². The summed E-state index contributed by atoms with van der Waals surface area (Å²) < 4.78 is 25.9. The van der Waals surface area contributed by atoms with E-state index in [4.69, 9.17) is 5.11 Å². The van der Waals surface area contributed by atoms with Crippen LogP contribution in [-0.4, -0.2) is 35.9 Å². The zero-order chi connectivity index (χ0) is 10.8. The predicted octanol–water partition coefficient (Wildman–Crippen LogP) is -0.0631. The number of hydrogen-bond acceptors (Lipinski definition) is 6. The Kier molecular flexibility index (Phi) is 2.65. The van der Waals surface area contributed by atoms with Crippen LogP contribution in [0.25, 0.3) is 0 Å². The zero-order valence-electron chi connectivity index (χ0n) is 7.04. The molecule has 0 spiro atoms. The summed E-state index contributed by atoms with van der Waals surface area (Å²) in [4.78, 5) is 16.9. The van der Waals surface area contributed by atoms with Gasteiger partial charge in [0.15, 0.2) is 5.75 Å². The minimum atomic E-state index is -3.47. The molecule has 1 rings (SSSR count). The van der Waals surface area contributed by atoms with Gasteiger partial charge in [-0.2, -0.15) is 0 Å². The van der Waals surface area contributed by atoms with Crippen molar-refractivity contribution in [2.75, 3.05) is 6.26 Å². The Morgan fingerprint density at radius 3 is 2.29 bits per heavy atom. The number of sulfone groups is 1. The number of nitrogens with zero attached hydrogens (tertiary/aromatic N) is 2. The van der Waals surface area contributed by atoms with E-state index in [2.05, 4.69) is 14.7 Å². The van der Waals surface area contributed by atoms with E-state index in [1.54, 1.807) is 0 Å². The minimum Gasteiger partial charge on any atom is -0.449 e. The van der Waals surface area contributed by atoms with E-state index in [-0.39, 0.29) is 10.9 Å². The monoisotopic (exact) mass is 218 g/mol. The Morgan fingerprint density at radius 1 is 1.43 bits per heavy atom. The van der Waals surface area contributed by atoms with Crippen molar-refractivity contribution in [3.05, 3.63) is 12.4 Å². The van der Waals surface area contributed by atoms with Gasteiger partial charge < -0.3 is 9.84 Å². The van der Waals surface area contributed by atoms with Crippen molar-refractivity contribution in [1.29, 1.82) is 0 Å². The first-order chi connectivity index (χ1) is 6.39. The summed E-state index contributed by atoms with van der Waals surface area (Å²) in [5.41, 5.74) is 0. The van der Waals surface area contributed by atoms with Gasteiger partial charge >= 0.3 is 6.16 Å². The number of carboxylic acid groups (broad SMARTS) is 1. The lowest BCUT2D eigenvalue weighted by molar-refractivity contribution is 0.144. The van der Waals surface area contributed by atoms with Crippen molar-refractivity contribution in [2.24, 2.45) is 0 Å². The van der Waals surface area contributed by atoms with Crippen LogP contribution in [-0.2, 0) is 9.84 Å². The molecule has 8 heteroatoms. The van der Waals surface area contributed by atoms with Crippen molar-refractivity contribution in [3.63, 3.8) is 0 Å². The maximum absolute atomic E-state index is 10.9. The topological polar surface area (TPSA) is 106 Å². The van der Waals surface area contributed by atoms with Crippen LogP contribution < -0.4 is 4.74 Å². The molecule has 0 radical (unpaired) electrons. The van der Waals surface area contributed by atoms with Gasteiger partial charge in [-0.05, 0) is 0 Å². The van der Waals surface area contributed by atoms with Crippen LogP contribution >= 0.6 is 0 Å². The molecule has 0 aliphatic rings. The van der Waals surface area contributed by atoms with Gasteiger partial charge in [0.05, 0.1) is 12.4 Å². The Labute approximate surface area is 79.3 Å². The van der Waals surface area contributed by atoms with E-state index in [1.165, 1.54) is 0 Å². The summed E-state index contributed by atoms with van der Waals surface area (Å²) in [6, 6.07) is 0. The first-order valence-corrected chi connectivity index (χ1v) is 5.21. The van der Waals surface area contributed by atoms with E-state index in [0.717, 1.165) is 18.6 Å². The maximum atomic E-state index is 10.9. The highest BCUT2D eigenvalue weighted by Gasteiger charge is 2.11. The van der Waals surface area contributed by atoms with Crippen LogP contribution in [0.2, 0.25) is 0 Å². The number of carbonyl (C=O) groups is 1. The molecule has 0 atom stereocenters. The van der Waals surface area contributed by atoms with E-state index >= 15 is 0 Å². The number of ether oxygens (including phenoxy) is 1. The molecule has 1 aromatic heterocycles. The molecule has 7 nitrogen and oxygen atoms in total. The molecule has 0 unspecified atom stereocenters. The van der Waals surface area contributed by atoms with Gasteiger partial charge in [-0.1, -0.05) is 0 Å². The summed E-state index contributed by atoms with van der Waals surface area (Å²) in [5.74, 6) is -0.134. The van der Waals surface area contributed by atoms with E-state index in [1.807, 2.05) is 0 Å². The second-order valence-electron chi connectivity index (χ2n) is 2.34. The highest BCUT2D eigenvalue weighted by Crippen LogP contribution is 2.08. The highest BCUT2D eigenvalue weighted by molar-refractivity contribution is 7.90. The van der Waals surface area contributed by atoms with Crippen molar-refractivity contribution in [2.45, 2.75) is 5.16 Å². The molecule has 0 bridgehead atoms. The Morgan fingerprint density at radius 2 is 1.93 bits per heavy atom. The standard InChI is InChI=1S/C6H6N2O5S/c1-14(11,12)5-7-2-4(3-8-5)13-6(9)10/h2-3H,1H3,(H,9,10). The molecule has 1 heterocycles. The molecular weight excluding hydrogens is 212 g/mol. The van der Waals surface area contributed by atoms with Crippen LogP contribution in [0.15, 0.2) is 17.6 Å². The van der Waals surface area contributed by atoms with Gasteiger partial charge in [-0.15, -0.1) is 0 Å². The molecule has 14 heavy (non-hydrogen) atoms. The van der Waals surface area contributed by atoms with E-state index in [9.17, 15) is 13.2 Å². The average Bonchev–Trinajstić information content (AvgIpc) is 2.02. The largest absolute Gasteiger partial charge is 0.511 e. The van der Waals surface area contributed by atoms with Gasteiger partial charge in [-0.3, -0.25) is 0 Å². The number of hydrogen-bond donors (Lipinski definition) is 1. The molecule has 76 valence electrons. The first-order valence-electron chi connectivity index (χ1n) is 3.32. The van der Waals surface area contributed by atoms with E-state index < -0.39 is 16.0 Å². The van der Waals surface area contributed by atoms with Gasteiger partial charge in [0.25, 0.3) is 0 Å². The SMILES string of the molecule is CS(=O)(=O)c1ncc(OC(=O)O)cn1. The second-order valence-corrected chi connectivity index (χ2v) is 4.25. The third kappa shape index (κ3) is 2.66. The quantitative estimate of drug-likeness (QED) is 0.547. The lowest BCUT2D eigenvalue weighted by Gasteiger charge is -1.98. The third-order valence-electron chi connectivity index (χ3n) is 1.14. The van der Waals surface area contributed by atoms with Crippen LogP contribution in [0.4, 0.5) is 4.79 Å². The Hall–Kier alpha value is -1.70. The summed E-state index contributed by atoms with van der Waals surface area (Å²) in [6.07, 6.45) is 1.37.